The van der Waals surface area contributed by atoms with Crippen LogP contribution in [0.5, 0.6) is 5.75 Å². The smallest absolute Gasteiger partial charge is 0.258 e. The number of hydrogen-bond acceptors (Lipinski definition) is 5. The highest BCUT2D eigenvalue weighted by molar-refractivity contribution is 9.10. The molecule has 2 aromatic heterocycles. The van der Waals surface area contributed by atoms with E-state index in [1.54, 1.807) is 7.11 Å². The normalized spacial score (nSPS) is 11.2. The van der Waals surface area contributed by atoms with Gasteiger partial charge in [0, 0.05) is 21.2 Å². The number of aryl methyl sites for hydroxylation is 2. The Kier molecular flexibility index (Phi) is 4.82. The molecule has 0 saturated carbocycles. The van der Waals surface area contributed by atoms with Crippen molar-refractivity contribution in [1.82, 2.24) is 20.1 Å². The second kappa shape index (κ2) is 7.67. The summed E-state index contributed by atoms with van der Waals surface area (Å²) in [5.74, 6) is 2.71. The molecule has 31 heavy (non-hydrogen) atoms. The Morgan fingerprint density at radius 1 is 0.871 bits per heavy atom. The fourth-order valence-electron chi connectivity index (χ4n) is 3.75. The van der Waals surface area contributed by atoms with Crippen LogP contribution in [0.15, 0.2) is 63.6 Å². The molecule has 0 fully saturated rings. The van der Waals surface area contributed by atoms with Gasteiger partial charge in [-0.05, 0) is 55.3 Å². The quantitative estimate of drug-likeness (QED) is 0.329. The van der Waals surface area contributed by atoms with Gasteiger partial charge in [0.25, 0.3) is 5.89 Å². The molecule has 3 aromatic carbocycles. The lowest BCUT2D eigenvalue weighted by Gasteiger charge is -2.09. The number of benzene rings is 3. The first-order valence-corrected chi connectivity index (χ1v) is 10.6. The average Bonchev–Trinajstić information content (AvgIpc) is 3.41. The standard InChI is InChI=1S/C24H19BrN4O2/c1-13-10-17(11-14(2)21(13)30-3)24-28-23(29-31-24)16-6-4-15(5-7-16)22-26-19-9-8-18(25)12-20(19)27-22/h4-12H,1-3H3,(H,26,27). The number of ether oxygens (including phenoxy) is 1. The number of aromatic nitrogens is 4. The molecule has 2 heterocycles. The summed E-state index contributed by atoms with van der Waals surface area (Å²) in [5, 5.41) is 4.17. The fourth-order valence-corrected chi connectivity index (χ4v) is 4.10. The van der Waals surface area contributed by atoms with Crippen LogP contribution in [-0.4, -0.2) is 27.2 Å². The van der Waals surface area contributed by atoms with Crippen molar-refractivity contribution < 1.29 is 9.26 Å². The van der Waals surface area contributed by atoms with Gasteiger partial charge in [-0.1, -0.05) is 45.4 Å². The molecule has 0 saturated heterocycles. The zero-order chi connectivity index (χ0) is 21.5. The zero-order valence-electron chi connectivity index (χ0n) is 17.2. The fraction of sp³-hybridized carbons (Fsp3) is 0.125. The highest BCUT2D eigenvalue weighted by Gasteiger charge is 2.14. The maximum atomic E-state index is 5.53. The maximum Gasteiger partial charge on any atom is 0.258 e. The van der Waals surface area contributed by atoms with Crippen molar-refractivity contribution in [3.05, 3.63) is 70.2 Å². The first kappa shape index (κ1) is 19.5. The topological polar surface area (TPSA) is 76.8 Å². The van der Waals surface area contributed by atoms with Crippen LogP contribution in [0.25, 0.3) is 45.3 Å². The van der Waals surface area contributed by atoms with Crippen molar-refractivity contribution in [2.45, 2.75) is 13.8 Å². The largest absolute Gasteiger partial charge is 0.496 e. The van der Waals surface area contributed by atoms with Crippen LogP contribution >= 0.6 is 15.9 Å². The number of nitrogens with zero attached hydrogens (tertiary/aromatic N) is 3. The third kappa shape index (κ3) is 3.61. The van der Waals surface area contributed by atoms with E-state index < -0.39 is 0 Å². The minimum atomic E-state index is 0.482. The molecule has 0 radical (unpaired) electrons. The van der Waals surface area contributed by atoms with Gasteiger partial charge in [-0.25, -0.2) is 4.98 Å². The molecule has 0 bridgehead atoms. The van der Waals surface area contributed by atoms with E-state index in [-0.39, 0.29) is 0 Å². The highest BCUT2D eigenvalue weighted by Crippen LogP contribution is 2.31. The molecule has 5 rings (SSSR count). The van der Waals surface area contributed by atoms with Crippen molar-refractivity contribution in [3.63, 3.8) is 0 Å². The minimum Gasteiger partial charge on any atom is -0.496 e. The van der Waals surface area contributed by atoms with Crippen LogP contribution in [0.1, 0.15) is 11.1 Å². The number of rotatable bonds is 4. The molecule has 0 aliphatic carbocycles. The lowest BCUT2D eigenvalue weighted by Crippen LogP contribution is -1.92. The molecule has 0 aliphatic heterocycles. The lowest BCUT2D eigenvalue weighted by atomic mass is 10.1. The lowest BCUT2D eigenvalue weighted by molar-refractivity contribution is 0.408. The summed E-state index contributed by atoms with van der Waals surface area (Å²) in [4.78, 5) is 12.6. The minimum absolute atomic E-state index is 0.482. The summed E-state index contributed by atoms with van der Waals surface area (Å²) in [7, 11) is 1.67. The van der Waals surface area contributed by atoms with E-state index in [9.17, 15) is 0 Å². The summed E-state index contributed by atoms with van der Waals surface area (Å²) in [5.41, 5.74) is 6.70. The van der Waals surface area contributed by atoms with E-state index in [1.807, 2.05) is 68.4 Å². The molecule has 0 unspecified atom stereocenters. The van der Waals surface area contributed by atoms with Crippen molar-refractivity contribution in [2.75, 3.05) is 7.11 Å². The second-order valence-corrected chi connectivity index (χ2v) is 8.31. The highest BCUT2D eigenvalue weighted by atomic mass is 79.9. The third-order valence-corrected chi connectivity index (χ3v) is 5.69. The number of nitrogens with one attached hydrogen (secondary N) is 1. The Hall–Kier alpha value is -3.45. The molecule has 5 aromatic rings. The number of methoxy groups -OCH3 is 1. The SMILES string of the molecule is COc1c(C)cc(-c2nc(-c3ccc(-c4nc5cc(Br)ccc5[nH]4)cc3)no2)cc1C. The van der Waals surface area contributed by atoms with Gasteiger partial charge in [-0.3, -0.25) is 0 Å². The van der Waals surface area contributed by atoms with Crippen LogP contribution < -0.4 is 4.74 Å². The third-order valence-electron chi connectivity index (χ3n) is 5.20. The Labute approximate surface area is 187 Å². The predicted molar refractivity (Wildman–Crippen MR) is 124 cm³/mol. The van der Waals surface area contributed by atoms with Gasteiger partial charge in [-0.15, -0.1) is 0 Å². The van der Waals surface area contributed by atoms with Gasteiger partial charge in [0.15, 0.2) is 0 Å². The Morgan fingerprint density at radius 3 is 2.29 bits per heavy atom. The summed E-state index contributed by atoms with van der Waals surface area (Å²) >= 11 is 3.48. The average molecular weight is 475 g/mol. The molecule has 0 spiro atoms. The van der Waals surface area contributed by atoms with E-state index in [1.165, 1.54) is 0 Å². The first-order valence-electron chi connectivity index (χ1n) is 9.77. The Bertz CT molecular complexity index is 1380. The molecular weight excluding hydrogens is 456 g/mol. The molecule has 0 aliphatic rings. The van der Waals surface area contributed by atoms with Crippen LogP contribution in [0.2, 0.25) is 0 Å². The van der Waals surface area contributed by atoms with E-state index in [4.69, 9.17) is 9.26 Å². The molecule has 6 nitrogen and oxygen atoms in total. The van der Waals surface area contributed by atoms with E-state index in [0.29, 0.717) is 11.7 Å². The number of imidazole rings is 1. The number of fused-ring (bicyclic) bond motifs is 1. The monoisotopic (exact) mass is 474 g/mol. The Balaban J connectivity index is 1.43. The van der Waals surface area contributed by atoms with Gasteiger partial charge in [0.05, 0.1) is 18.1 Å². The first-order chi connectivity index (χ1) is 15.0. The van der Waals surface area contributed by atoms with Crippen LogP contribution in [-0.2, 0) is 0 Å². The number of aromatic amines is 1. The van der Waals surface area contributed by atoms with Crippen LogP contribution in [0, 0.1) is 13.8 Å². The van der Waals surface area contributed by atoms with Gasteiger partial charge >= 0.3 is 0 Å². The number of hydrogen-bond donors (Lipinski definition) is 1. The van der Waals surface area contributed by atoms with E-state index >= 15 is 0 Å². The van der Waals surface area contributed by atoms with E-state index in [0.717, 1.165) is 54.9 Å². The molecule has 0 atom stereocenters. The Morgan fingerprint density at radius 2 is 1.58 bits per heavy atom. The van der Waals surface area contributed by atoms with Gasteiger partial charge in [0.1, 0.15) is 11.6 Å². The molecule has 0 amide bonds. The van der Waals surface area contributed by atoms with Crippen LogP contribution in [0.3, 0.4) is 0 Å². The summed E-state index contributed by atoms with van der Waals surface area (Å²) in [6, 6.07) is 17.9. The summed E-state index contributed by atoms with van der Waals surface area (Å²) in [6.07, 6.45) is 0. The molecule has 7 heteroatoms. The van der Waals surface area contributed by atoms with Gasteiger partial charge < -0.3 is 14.2 Å². The van der Waals surface area contributed by atoms with Crippen molar-refractivity contribution >= 4 is 27.0 Å². The predicted octanol–water partition coefficient (Wildman–Crippen LogP) is 6.33. The zero-order valence-corrected chi connectivity index (χ0v) is 18.8. The maximum absolute atomic E-state index is 5.53. The van der Waals surface area contributed by atoms with Crippen molar-refractivity contribution in [1.29, 1.82) is 0 Å². The molecule has 1 N–H and O–H groups in total. The molecular formula is C24H19BrN4O2. The van der Waals surface area contributed by atoms with E-state index in [2.05, 4.69) is 36.0 Å². The summed E-state index contributed by atoms with van der Waals surface area (Å²) in [6.45, 7) is 4.00. The number of halogens is 1. The summed E-state index contributed by atoms with van der Waals surface area (Å²) < 4.78 is 12.0. The van der Waals surface area contributed by atoms with Crippen molar-refractivity contribution in [2.24, 2.45) is 0 Å². The van der Waals surface area contributed by atoms with Crippen molar-refractivity contribution in [3.8, 4) is 40.0 Å². The second-order valence-electron chi connectivity index (χ2n) is 7.39. The van der Waals surface area contributed by atoms with Gasteiger partial charge in [-0.2, -0.15) is 4.98 Å². The molecule has 154 valence electrons. The number of H-pyrrole nitrogens is 1. The van der Waals surface area contributed by atoms with Gasteiger partial charge in [0.2, 0.25) is 5.82 Å². The van der Waals surface area contributed by atoms with Crippen LogP contribution in [0.4, 0.5) is 0 Å².